The fourth-order valence-corrected chi connectivity index (χ4v) is 1.33. The SMILES string of the molecule is CC=CCNCC(CC)=C(C)C(=O)OCC. The summed E-state index contributed by atoms with van der Waals surface area (Å²) in [6, 6.07) is 0. The summed E-state index contributed by atoms with van der Waals surface area (Å²) in [5.41, 5.74) is 1.85. The first-order valence-electron chi connectivity index (χ1n) is 5.84. The summed E-state index contributed by atoms with van der Waals surface area (Å²) in [4.78, 5) is 11.5. The molecular weight excluding hydrogens is 202 g/mol. The average Bonchev–Trinajstić information content (AvgIpc) is 2.29. The molecule has 0 atom stereocenters. The highest BCUT2D eigenvalue weighted by Crippen LogP contribution is 2.09. The number of carbonyl (C=O) groups is 1. The molecule has 3 heteroatoms. The van der Waals surface area contributed by atoms with Crippen LogP contribution in [-0.2, 0) is 9.53 Å². The van der Waals surface area contributed by atoms with E-state index in [0.717, 1.165) is 30.7 Å². The molecule has 0 fully saturated rings. The Labute approximate surface area is 98.6 Å². The van der Waals surface area contributed by atoms with Crippen LogP contribution in [0.15, 0.2) is 23.3 Å². The molecule has 0 aliphatic carbocycles. The minimum absolute atomic E-state index is 0.202. The van der Waals surface area contributed by atoms with Gasteiger partial charge < -0.3 is 10.1 Å². The van der Waals surface area contributed by atoms with Gasteiger partial charge in [-0.1, -0.05) is 19.1 Å². The average molecular weight is 225 g/mol. The molecule has 0 unspecified atom stereocenters. The molecule has 16 heavy (non-hydrogen) atoms. The van der Waals surface area contributed by atoms with E-state index < -0.39 is 0 Å². The van der Waals surface area contributed by atoms with Crippen molar-refractivity contribution in [2.75, 3.05) is 19.7 Å². The van der Waals surface area contributed by atoms with Crippen LogP contribution in [-0.4, -0.2) is 25.7 Å². The summed E-state index contributed by atoms with van der Waals surface area (Å²) in [5.74, 6) is -0.202. The van der Waals surface area contributed by atoms with Crippen LogP contribution in [0.5, 0.6) is 0 Å². The lowest BCUT2D eigenvalue weighted by molar-refractivity contribution is -0.138. The minimum Gasteiger partial charge on any atom is -0.463 e. The van der Waals surface area contributed by atoms with Crippen LogP contribution in [0.1, 0.15) is 34.1 Å². The smallest absolute Gasteiger partial charge is 0.333 e. The second-order valence-corrected chi connectivity index (χ2v) is 3.50. The molecule has 0 heterocycles. The second-order valence-electron chi connectivity index (χ2n) is 3.50. The quantitative estimate of drug-likeness (QED) is 0.313. The van der Waals surface area contributed by atoms with E-state index in [4.69, 9.17) is 4.74 Å². The summed E-state index contributed by atoms with van der Waals surface area (Å²) in [5, 5.41) is 3.26. The van der Waals surface area contributed by atoms with Crippen molar-refractivity contribution >= 4 is 5.97 Å². The lowest BCUT2D eigenvalue weighted by Gasteiger charge is -2.10. The summed E-state index contributed by atoms with van der Waals surface area (Å²) in [6.07, 6.45) is 4.92. The van der Waals surface area contributed by atoms with E-state index in [1.165, 1.54) is 0 Å². The zero-order chi connectivity index (χ0) is 12.4. The van der Waals surface area contributed by atoms with E-state index in [9.17, 15) is 4.79 Å². The van der Waals surface area contributed by atoms with E-state index in [0.29, 0.717) is 6.61 Å². The number of hydrogen-bond donors (Lipinski definition) is 1. The first-order chi connectivity index (χ1) is 7.67. The first kappa shape index (κ1) is 14.9. The summed E-state index contributed by atoms with van der Waals surface area (Å²) < 4.78 is 4.98. The van der Waals surface area contributed by atoms with Crippen LogP contribution in [0.3, 0.4) is 0 Å². The first-order valence-corrected chi connectivity index (χ1v) is 5.84. The molecule has 92 valence electrons. The van der Waals surface area contributed by atoms with Gasteiger partial charge in [-0.25, -0.2) is 4.79 Å². The Bertz CT molecular complexity index is 267. The van der Waals surface area contributed by atoms with Crippen molar-refractivity contribution in [3.05, 3.63) is 23.3 Å². The lowest BCUT2D eigenvalue weighted by atomic mass is 10.1. The maximum absolute atomic E-state index is 11.5. The summed E-state index contributed by atoms with van der Waals surface area (Å²) >= 11 is 0. The minimum atomic E-state index is -0.202. The van der Waals surface area contributed by atoms with Crippen molar-refractivity contribution in [2.45, 2.75) is 34.1 Å². The summed E-state index contributed by atoms with van der Waals surface area (Å²) in [7, 11) is 0. The zero-order valence-electron chi connectivity index (χ0n) is 10.8. The fraction of sp³-hybridized carbons (Fsp3) is 0.615. The van der Waals surface area contributed by atoms with Crippen molar-refractivity contribution in [1.82, 2.24) is 5.32 Å². The van der Waals surface area contributed by atoms with Crippen molar-refractivity contribution in [1.29, 1.82) is 0 Å². The Morgan fingerprint density at radius 1 is 1.38 bits per heavy atom. The fourth-order valence-electron chi connectivity index (χ4n) is 1.33. The van der Waals surface area contributed by atoms with Gasteiger partial charge in [-0.2, -0.15) is 0 Å². The highest BCUT2D eigenvalue weighted by Gasteiger charge is 2.09. The van der Waals surface area contributed by atoms with Crippen LogP contribution < -0.4 is 5.32 Å². The number of nitrogens with one attached hydrogen (secondary N) is 1. The molecule has 0 amide bonds. The molecule has 3 nitrogen and oxygen atoms in total. The standard InChI is InChI=1S/C13H23NO2/c1-5-8-9-14-10-12(6-2)11(4)13(15)16-7-3/h5,8,14H,6-7,9-10H2,1-4H3. The second kappa shape index (κ2) is 9.16. The highest BCUT2D eigenvalue weighted by molar-refractivity contribution is 5.88. The molecule has 0 saturated carbocycles. The zero-order valence-corrected chi connectivity index (χ0v) is 10.8. The highest BCUT2D eigenvalue weighted by atomic mass is 16.5. The van der Waals surface area contributed by atoms with E-state index in [2.05, 4.69) is 12.2 Å². The third-order valence-corrected chi connectivity index (χ3v) is 2.38. The van der Waals surface area contributed by atoms with E-state index >= 15 is 0 Å². The number of hydrogen-bond acceptors (Lipinski definition) is 3. The largest absolute Gasteiger partial charge is 0.463 e. The topological polar surface area (TPSA) is 38.3 Å². The Morgan fingerprint density at radius 3 is 2.56 bits per heavy atom. The van der Waals surface area contributed by atoms with Crippen LogP contribution in [0.25, 0.3) is 0 Å². The lowest BCUT2D eigenvalue weighted by Crippen LogP contribution is -2.19. The van der Waals surface area contributed by atoms with Gasteiger partial charge in [0.05, 0.1) is 6.61 Å². The molecule has 0 spiro atoms. The molecular formula is C13H23NO2. The molecule has 0 rings (SSSR count). The van der Waals surface area contributed by atoms with Gasteiger partial charge in [-0.15, -0.1) is 0 Å². The number of carbonyl (C=O) groups excluding carboxylic acids is 1. The van der Waals surface area contributed by atoms with E-state index in [1.54, 1.807) is 0 Å². The molecule has 0 radical (unpaired) electrons. The third-order valence-electron chi connectivity index (χ3n) is 2.38. The Morgan fingerprint density at radius 2 is 2.06 bits per heavy atom. The third kappa shape index (κ3) is 5.71. The maximum atomic E-state index is 11.5. The van der Waals surface area contributed by atoms with Crippen LogP contribution in [0, 0.1) is 0 Å². The van der Waals surface area contributed by atoms with Gasteiger partial charge in [0.1, 0.15) is 0 Å². The molecule has 1 N–H and O–H groups in total. The maximum Gasteiger partial charge on any atom is 0.333 e. The monoisotopic (exact) mass is 225 g/mol. The Kier molecular flexibility index (Phi) is 8.53. The van der Waals surface area contributed by atoms with Gasteiger partial charge in [0.15, 0.2) is 0 Å². The molecule has 0 saturated heterocycles. The van der Waals surface area contributed by atoms with Gasteiger partial charge >= 0.3 is 5.97 Å². The molecule has 0 aliphatic rings. The van der Waals surface area contributed by atoms with E-state index in [1.807, 2.05) is 32.9 Å². The molecule has 0 aliphatic heterocycles. The van der Waals surface area contributed by atoms with Gasteiger partial charge in [0.25, 0.3) is 0 Å². The number of rotatable bonds is 7. The van der Waals surface area contributed by atoms with Crippen molar-refractivity contribution in [3.8, 4) is 0 Å². The molecule has 0 aromatic heterocycles. The molecule has 0 aromatic carbocycles. The van der Waals surface area contributed by atoms with Gasteiger partial charge in [-0.3, -0.25) is 0 Å². The van der Waals surface area contributed by atoms with Gasteiger partial charge in [0.2, 0.25) is 0 Å². The van der Waals surface area contributed by atoms with Crippen molar-refractivity contribution in [3.63, 3.8) is 0 Å². The molecule has 0 aromatic rings. The van der Waals surface area contributed by atoms with Crippen LogP contribution in [0.2, 0.25) is 0 Å². The van der Waals surface area contributed by atoms with E-state index in [-0.39, 0.29) is 5.97 Å². The van der Waals surface area contributed by atoms with Gasteiger partial charge in [-0.05, 0) is 32.8 Å². The number of allylic oxidation sites excluding steroid dienone is 1. The predicted octanol–water partition coefficient (Wildman–Crippen LogP) is 2.44. The van der Waals surface area contributed by atoms with Crippen LogP contribution >= 0.6 is 0 Å². The Balaban J connectivity index is 4.31. The van der Waals surface area contributed by atoms with Gasteiger partial charge in [0, 0.05) is 18.7 Å². The summed E-state index contributed by atoms with van der Waals surface area (Å²) in [6.45, 7) is 9.69. The number of esters is 1. The molecule has 0 bridgehead atoms. The predicted molar refractivity (Wildman–Crippen MR) is 67.3 cm³/mol. The number of ether oxygens (including phenoxy) is 1. The van der Waals surface area contributed by atoms with Crippen molar-refractivity contribution < 1.29 is 9.53 Å². The normalized spacial score (nSPS) is 12.8. The van der Waals surface area contributed by atoms with Crippen molar-refractivity contribution in [2.24, 2.45) is 0 Å². The van der Waals surface area contributed by atoms with Crippen LogP contribution in [0.4, 0.5) is 0 Å². The Hall–Kier alpha value is -1.09.